The molecular formula is C8H19B2N6Si. The Morgan fingerprint density at radius 3 is 2.59 bits per heavy atom. The zero-order valence-corrected chi connectivity index (χ0v) is 12.3. The predicted octanol–water partition coefficient (Wildman–Crippen LogP) is -0.231. The van der Waals surface area contributed by atoms with Crippen LogP contribution in [0.4, 0.5) is 5.95 Å². The fourth-order valence-electron chi connectivity index (χ4n) is 2.47. The molecule has 1 N–H and O–H groups in total. The molecule has 17 heavy (non-hydrogen) atoms. The lowest BCUT2D eigenvalue weighted by molar-refractivity contribution is 0.488. The quantitative estimate of drug-likeness (QED) is 0.733. The van der Waals surface area contributed by atoms with Crippen LogP contribution in [0.5, 0.6) is 0 Å². The molecule has 1 aromatic rings. The Hall–Kier alpha value is -0.793. The molecule has 0 bridgehead atoms. The van der Waals surface area contributed by atoms with Crippen molar-refractivity contribution >= 4 is 29.8 Å². The minimum atomic E-state index is 0.0510. The molecule has 1 saturated heterocycles. The van der Waals surface area contributed by atoms with Crippen molar-refractivity contribution in [3.05, 3.63) is 6.33 Å². The van der Waals surface area contributed by atoms with E-state index < -0.39 is 0 Å². The summed E-state index contributed by atoms with van der Waals surface area (Å²) in [5.41, 5.74) is 0. The predicted molar refractivity (Wildman–Crippen MR) is 74.0 cm³/mol. The number of nitrogens with one attached hydrogen (secondary N) is 1. The summed E-state index contributed by atoms with van der Waals surface area (Å²) in [6, 6.07) is 0.507. The third kappa shape index (κ3) is 2.27. The van der Waals surface area contributed by atoms with Crippen LogP contribution < -0.4 is 4.48 Å². The Labute approximate surface area is 106 Å². The van der Waals surface area contributed by atoms with Crippen LogP contribution in [0.25, 0.3) is 0 Å². The van der Waals surface area contributed by atoms with E-state index in [9.17, 15) is 0 Å². The van der Waals surface area contributed by atoms with Gasteiger partial charge in [-0.3, -0.25) is 0 Å². The topological polar surface area (TPSA) is 51.3 Å². The van der Waals surface area contributed by atoms with Crippen molar-refractivity contribution < 1.29 is 0 Å². The lowest BCUT2D eigenvalue weighted by Gasteiger charge is -2.48. The van der Waals surface area contributed by atoms with Crippen molar-refractivity contribution in [2.75, 3.05) is 11.5 Å². The normalized spacial score (nSPS) is 19.5. The molecule has 0 atom stereocenters. The molecule has 0 amide bonds. The third-order valence-corrected chi connectivity index (χ3v) is 5.13. The van der Waals surface area contributed by atoms with Crippen molar-refractivity contribution in [1.29, 1.82) is 0 Å². The maximum Gasteiger partial charge on any atom is 0.324 e. The summed E-state index contributed by atoms with van der Waals surface area (Å²) in [7, 11) is 2.22. The molecular weight excluding hydrogens is 230 g/mol. The first-order valence-electron chi connectivity index (χ1n) is 6.00. The highest BCUT2D eigenvalue weighted by atomic mass is 28.2. The number of H-pyrrole nitrogens is 1. The van der Waals surface area contributed by atoms with E-state index in [-0.39, 0.29) is 9.84 Å². The van der Waals surface area contributed by atoms with Gasteiger partial charge in [-0.1, -0.05) is 27.5 Å². The average Bonchev–Trinajstić information content (AvgIpc) is 2.76. The van der Waals surface area contributed by atoms with Gasteiger partial charge in [-0.25, -0.2) is 10.1 Å². The molecule has 0 saturated carbocycles. The lowest BCUT2D eigenvalue weighted by atomic mass is 9.61. The molecule has 9 heteroatoms. The highest BCUT2D eigenvalue weighted by molar-refractivity contribution is 6.86. The van der Waals surface area contributed by atoms with Gasteiger partial charge >= 0.3 is 6.98 Å². The van der Waals surface area contributed by atoms with Gasteiger partial charge in [-0.15, -0.1) is 0 Å². The molecule has 0 unspecified atom stereocenters. The van der Waals surface area contributed by atoms with Gasteiger partial charge in [-0.2, -0.15) is 5.10 Å². The number of anilines is 1. The second kappa shape index (κ2) is 4.83. The first-order valence-corrected chi connectivity index (χ1v) is 7.03. The maximum absolute atomic E-state index is 4.27. The summed E-state index contributed by atoms with van der Waals surface area (Å²) in [6.07, 6.45) is 1.57. The van der Waals surface area contributed by atoms with Gasteiger partial charge < -0.3 is 13.7 Å². The minimum absolute atomic E-state index is 0.0510. The monoisotopic (exact) mass is 249 g/mol. The van der Waals surface area contributed by atoms with Gasteiger partial charge in [0.15, 0.2) is 0 Å². The molecule has 0 aromatic carbocycles. The van der Waals surface area contributed by atoms with Gasteiger partial charge in [0.2, 0.25) is 15.8 Å². The van der Waals surface area contributed by atoms with Gasteiger partial charge in [0.05, 0.1) is 0 Å². The molecule has 0 spiro atoms. The molecule has 1 aliphatic rings. The third-order valence-electron chi connectivity index (χ3n) is 3.40. The highest BCUT2D eigenvalue weighted by Crippen LogP contribution is 2.19. The maximum atomic E-state index is 4.27. The number of nitrogens with zero attached hydrogens (tertiary/aromatic N) is 5. The van der Waals surface area contributed by atoms with E-state index in [4.69, 9.17) is 0 Å². The molecule has 1 aromatic heterocycles. The molecule has 2 heterocycles. The molecule has 2 rings (SSSR count). The van der Waals surface area contributed by atoms with Gasteiger partial charge in [0.25, 0.3) is 6.98 Å². The fourth-order valence-corrected chi connectivity index (χ4v) is 3.79. The van der Waals surface area contributed by atoms with Crippen molar-refractivity contribution in [1.82, 2.24) is 24.4 Å². The number of hydrogen-bond donors (Lipinski definition) is 1. The molecule has 0 aliphatic carbocycles. The van der Waals surface area contributed by atoms with Gasteiger partial charge in [-0.05, 0) is 13.1 Å². The van der Waals surface area contributed by atoms with Gasteiger partial charge in [0.1, 0.15) is 6.33 Å². The Kier molecular flexibility index (Phi) is 3.60. The summed E-state index contributed by atoms with van der Waals surface area (Å²) in [4.78, 5) is 4.27. The van der Waals surface area contributed by atoms with E-state index in [1.54, 1.807) is 6.33 Å². The number of aromatic amines is 1. The number of hydrogen-bond acceptors (Lipinski definition) is 5. The number of aromatic nitrogens is 3. The Morgan fingerprint density at radius 2 is 2.06 bits per heavy atom. The van der Waals surface area contributed by atoms with E-state index in [0.29, 0.717) is 20.0 Å². The van der Waals surface area contributed by atoms with Crippen molar-refractivity contribution in [3.63, 3.8) is 0 Å². The van der Waals surface area contributed by atoms with Crippen LogP contribution in [0.2, 0.25) is 13.6 Å². The standard InChI is InChI=1S/C8H19B2N6Si/c1-7(2)15-9(3)14(5)17-16(10(15)4)8-11-6-12-13-8/h6-7,17H,1-5H3,(H,11,12,13). The first-order chi connectivity index (χ1) is 8.02. The van der Waals surface area contributed by atoms with Crippen LogP contribution in [-0.4, -0.2) is 61.3 Å². The highest BCUT2D eigenvalue weighted by Gasteiger charge is 2.41. The molecule has 91 valence electrons. The molecule has 6 nitrogen and oxygen atoms in total. The first kappa shape index (κ1) is 12.7. The van der Waals surface area contributed by atoms with E-state index in [1.165, 1.54) is 0 Å². The van der Waals surface area contributed by atoms with Crippen molar-refractivity contribution in [3.8, 4) is 0 Å². The van der Waals surface area contributed by atoms with Crippen LogP contribution in [0.15, 0.2) is 6.33 Å². The average molecular weight is 249 g/mol. The van der Waals surface area contributed by atoms with E-state index in [1.807, 2.05) is 0 Å². The molecule has 1 aliphatic heterocycles. The van der Waals surface area contributed by atoms with Crippen molar-refractivity contribution in [2.45, 2.75) is 33.5 Å². The zero-order valence-electron chi connectivity index (χ0n) is 11.1. The van der Waals surface area contributed by atoms with Crippen LogP contribution in [-0.2, 0) is 0 Å². The summed E-state index contributed by atoms with van der Waals surface area (Å²) >= 11 is 0. The van der Waals surface area contributed by atoms with E-state index >= 15 is 0 Å². The molecule has 1 fully saturated rings. The second-order valence-corrected chi connectivity index (χ2v) is 6.40. The zero-order chi connectivity index (χ0) is 12.6. The second-order valence-electron chi connectivity index (χ2n) is 4.80. The Morgan fingerprint density at radius 1 is 1.35 bits per heavy atom. The minimum Gasteiger partial charge on any atom is -0.389 e. The largest absolute Gasteiger partial charge is 0.389 e. The van der Waals surface area contributed by atoms with Crippen LogP contribution in [0.3, 0.4) is 0 Å². The summed E-state index contributed by atoms with van der Waals surface area (Å²) in [5, 5.41) is 6.91. The summed E-state index contributed by atoms with van der Waals surface area (Å²) in [6.45, 7) is 9.80. The lowest BCUT2D eigenvalue weighted by Crippen LogP contribution is -2.72. The van der Waals surface area contributed by atoms with Crippen LogP contribution in [0.1, 0.15) is 13.8 Å². The SMILES string of the molecule is CB1N(C)[SiH]N(c2ncn[nH]2)B(C)N1C(C)C. The summed E-state index contributed by atoms with van der Waals surface area (Å²) < 4.78 is 7.19. The van der Waals surface area contributed by atoms with Gasteiger partial charge in [0, 0.05) is 0 Å². The number of rotatable bonds is 2. The van der Waals surface area contributed by atoms with Crippen LogP contribution in [0, 0.1) is 0 Å². The summed E-state index contributed by atoms with van der Waals surface area (Å²) in [5.74, 6) is 0.872. The van der Waals surface area contributed by atoms with Crippen molar-refractivity contribution in [2.24, 2.45) is 0 Å². The fraction of sp³-hybridized carbons (Fsp3) is 0.750. The van der Waals surface area contributed by atoms with Crippen LogP contribution >= 0.6 is 0 Å². The Bertz CT molecular complexity index is 361. The van der Waals surface area contributed by atoms with E-state index in [2.05, 4.69) is 63.4 Å². The Balaban J connectivity index is 2.25. The van der Waals surface area contributed by atoms with E-state index in [0.717, 1.165) is 5.95 Å². The molecule has 1 radical (unpaired) electrons. The smallest absolute Gasteiger partial charge is 0.324 e.